The predicted molar refractivity (Wildman–Crippen MR) is 58.3 cm³/mol. The number of carbonyl (C=O) groups is 2. The molecule has 1 unspecified atom stereocenters. The predicted octanol–water partition coefficient (Wildman–Crippen LogP) is 0.382. The van der Waals surface area contributed by atoms with Crippen LogP contribution in [0.3, 0.4) is 0 Å². The second kappa shape index (κ2) is 4.90. The lowest BCUT2D eigenvalue weighted by molar-refractivity contribution is -0.134. The third-order valence-corrected chi connectivity index (χ3v) is 2.55. The van der Waals surface area contributed by atoms with Gasteiger partial charge in [0.1, 0.15) is 0 Å². The summed E-state index contributed by atoms with van der Waals surface area (Å²) in [5.41, 5.74) is 1.01. The number of benzene rings is 1. The third-order valence-electron chi connectivity index (χ3n) is 2.55. The van der Waals surface area contributed by atoms with Crippen LogP contribution in [0, 0.1) is 6.07 Å². The fourth-order valence-corrected chi connectivity index (χ4v) is 1.66. The lowest BCUT2D eigenvalue weighted by Crippen LogP contribution is -2.50. The van der Waals surface area contributed by atoms with Crippen molar-refractivity contribution in [1.82, 2.24) is 10.6 Å². The number of piperidine rings is 1. The number of hydrogen-bond acceptors (Lipinski definition) is 3. The van der Waals surface area contributed by atoms with E-state index >= 15 is 0 Å². The number of imide groups is 1. The molecule has 1 fully saturated rings. The molecule has 1 atom stereocenters. The van der Waals surface area contributed by atoms with Gasteiger partial charge >= 0.3 is 0 Å². The lowest BCUT2D eigenvalue weighted by Gasteiger charge is -2.21. The first-order chi connectivity index (χ1) is 7.75. The summed E-state index contributed by atoms with van der Waals surface area (Å²) in [4.78, 5) is 22.3. The molecule has 1 radical (unpaired) electrons. The molecule has 1 aromatic carbocycles. The Morgan fingerprint density at radius 2 is 2.31 bits per heavy atom. The van der Waals surface area contributed by atoms with Crippen molar-refractivity contribution in [2.75, 3.05) is 0 Å². The van der Waals surface area contributed by atoms with Crippen LogP contribution in [0.2, 0.25) is 0 Å². The van der Waals surface area contributed by atoms with Crippen LogP contribution in [0.1, 0.15) is 18.4 Å². The molecular formula is C12H13N2O2. The molecule has 1 saturated heterocycles. The number of rotatable bonds is 3. The Balaban J connectivity index is 1.87. The number of nitrogens with one attached hydrogen (secondary N) is 2. The molecule has 4 nitrogen and oxygen atoms in total. The first-order valence-electron chi connectivity index (χ1n) is 5.28. The van der Waals surface area contributed by atoms with E-state index in [1.807, 2.05) is 24.3 Å². The van der Waals surface area contributed by atoms with Crippen LogP contribution in [0.4, 0.5) is 0 Å². The normalized spacial score (nSPS) is 20.6. The van der Waals surface area contributed by atoms with Crippen molar-refractivity contribution >= 4 is 11.8 Å². The second-order valence-corrected chi connectivity index (χ2v) is 3.77. The quantitative estimate of drug-likeness (QED) is 0.720. The van der Waals surface area contributed by atoms with Gasteiger partial charge < -0.3 is 5.32 Å². The molecule has 0 bridgehead atoms. The summed E-state index contributed by atoms with van der Waals surface area (Å²) in [6, 6.07) is 10.4. The summed E-state index contributed by atoms with van der Waals surface area (Å²) < 4.78 is 0. The van der Waals surface area contributed by atoms with Crippen molar-refractivity contribution in [2.24, 2.45) is 0 Å². The molecule has 2 amide bonds. The molecule has 2 rings (SSSR count). The van der Waals surface area contributed by atoms with Gasteiger partial charge in [0.15, 0.2) is 0 Å². The minimum atomic E-state index is -0.272. The molecule has 4 heteroatoms. The van der Waals surface area contributed by atoms with E-state index in [0.717, 1.165) is 5.56 Å². The first-order valence-corrected chi connectivity index (χ1v) is 5.28. The zero-order chi connectivity index (χ0) is 11.4. The number of carbonyl (C=O) groups excluding carboxylic acids is 2. The van der Waals surface area contributed by atoms with Crippen molar-refractivity contribution < 1.29 is 9.59 Å². The highest BCUT2D eigenvalue weighted by molar-refractivity contribution is 6.00. The van der Waals surface area contributed by atoms with Gasteiger partial charge in [-0.25, -0.2) is 0 Å². The Morgan fingerprint density at radius 3 is 3.00 bits per heavy atom. The maximum absolute atomic E-state index is 11.4. The molecular weight excluding hydrogens is 204 g/mol. The van der Waals surface area contributed by atoms with Crippen LogP contribution in [0.25, 0.3) is 0 Å². The Bertz CT molecular complexity index is 389. The topological polar surface area (TPSA) is 58.2 Å². The van der Waals surface area contributed by atoms with Crippen LogP contribution in [-0.2, 0) is 16.1 Å². The van der Waals surface area contributed by atoms with E-state index in [1.165, 1.54) is 0 Å². The summed E-state index contributed by atoms with van der Waals surface area (Å²) >= 11 is 0. The fraction of sp³-hybridized carbons (Fsp3) is 0.333. The average Bonchev–Trinajstić information content (AvgIpc) is 2.29. The van der Waals surface area contributed by atoms with E-state index in [4.69, 9.17) is 0 Å². The van der Waals surface area contributed by atoms with Gasteiger partial charge in [0.25, 0.3) is 0 Å². The van der Waals surface area contributed by atoms with Crippen molar-refractivity contribution in [2.45, 2.75) is 25.4 Å². The third kappa shape index (κ3) is 2.67. The van der Waals surface area contributed by atoms with E-state index < -0.39 is 0 Å². The number of amides is 2. The number of hydrogen-bond donors (Lipinski definition) is 2. The van der Waals surface area contributed by atoms with Gasteiger partial charge in [0, 0.05) is 13.0 Å². The molecule has 1 aliphatic heterocycles. The standard InChI is InChI=1S/C12H13N2O2/c15-11-7-6-10(12(16)14-11)13-8-9-4-2-1-3-5-9/h1-4,10,13H,6-8H2,(H,14,15,16). The van der Waals surface area contributed by atoms with Crippen molar-refractivity contribution in [3.05, 3.63) is 35.9 Å². The molecule has 1 aliphatic rings. The molecule has 0 saturated carbocycles. The second-order valence-electron chi connectivity index (χ2n) is 3.77. The molecule has 1 heterocycles. The van der Waals surface area contributed by atoms with E-state index in [1.54, 1.807) is 0 Å². The van der Waals surface area contributed by atoms with Gasteiger partial charge in [-0.1, -0.05) is 24.3 Å². The van der Waals surface area contributed by atoms with Gasteiger partial charge in [-0.2, -0.15) is 0 Å². The molecule has 2 N–H and O–H groups in total. The Morgan fingerprint density at radius 1 is 1.44 bits per heavy atom. The van der Waals surface area contributed by atoms with E-state index in [0.29, 0.717) is 19.4 Å². The lowest BCUT2D eigenvalue weighted by atomic mass is 10.1. The van der Waals surface area contributed by atoms with Crippen molar-refractivity contribution in [3.8, 4) is 0 Å². The van der Waals surface area contributed by atoms with Gasteiger partial charge in [0.05, 0.1) is 6.04 Å². The Kier molecular flexibility index (Phi) is 3.31. The van der Waals surface area contributed by atoms with Gasteiger partial charge in [-0.05, 0) is 18.1 Å². The minimum Gasteiger partial charge on any atom is -0.302 e. The highest BCUT2D eigenvalue weighted by atomic mass is 16.2. The molecule has 0 aromatic heterocycles. The summed E-state index contributed by atoms with van der Waals surface area (Å²) in [5, 5.41) is 5.43. The van der Waals surface area contributed by atoms with Crippen molar-refractivity contribution in [1.29, 1.82) is 0 Å². The van der Waals surface area contributed by atoms with E-state index in [2.05, 4.69) is 16.7 Å². The summed E-state index contributed by atoms with van der Waals surface area (Å²) in [7, 11) is 0. The first kappa shape index (κ1) is 10.8. The van der Waals surface area contributed by atoms with Gasteiger partial charge in [-0.3, -0.25) is 14.9 Å². The van der Waals surface area contributed by atoms with Crippen LogP contribution in [-0.4, -0.2) is 17.9 Å². The molecule has 1 aromatic rings. The Labute approximate surface area is 94.0 Å². The van der Waals surface area contributed by atoms with Crippen LogP contribution >= 0.6 is 0 Å². The monoisotopic (exact) mass is 217 g/mol. The fourth-order valence-electron chi connectivity index (χ4n) is 1.66. The van der Waals surface area contributed by atoms with Crippen LogP contribution in [0.5, 0.6) is 0 Å². The summed E-state index contributed by atoms with van der Waals surface area (Å²) in [6.45, 7) is 0.590. The summed E-state index contributed by atoms with van der Waals surface area (Å²) in [5.74, 6) is -0.415. The molecule has 83 valence electrons. The summed E-state index contributed by atoms with van der Waals surface area (Å²) in [6.07, 6.45) is 0.972. The maximum Gasteiger partial charge on any atom is 0.243 e. The van der Waals surface area contributed by atoms with Gasteiger partial charge in [0.2, 0.25) is 11.8 Å². The van der Waals surface area contributed by atoms with Crippen molar-refractivity contribution in [3.63, 3.8) is 0 Å². The highest BCUT2D eigenvalue weighted by Crippen LogP contribution is 2.05. The SMILES string of the molecule is O=C1CCC(NCc2[c]cccc2)C(=O)N1. The van der Waals surface area contributed by atoms with E-state index in [9.17, 15) is 9.59 Å². The largest absolute Gasteiger partial charge is 0.302 e. The molecule has 0 spiro atoms. The van der Waals surface area contributed by atoms with Crippen LogP contribution in [0.15, 0.2) is 24.3 Å². The van der Waals surface area contributed by atoms with Gasteiger partial charge in [-0.15, -0.1) is 0 Å². The Hall–Kier alpha value is -1.68. The average molecular weight is 217 g/mol. The highest BCUT2D eigenvalue weighted by Gasteiger charge is 2.25. The molecule has 16 heavy (non-hydrogen) atoms. The maximum atomic E-state index is 11.4. The smallest absolute Gasteiger partial charge is 0.243 e. The van der Waals surface area contributed by atoms with E-state index in [-0.39, 0.29) is 17.9 Å². The zero-order valence-electron chi connectivity index (χ0n) is 8.82. The minimum absolute atomic E-state index is 0.186. The molecule has 0 aliphatic carbocycles. The zero-order valence-corrected chi connectivity index (χ0v) is 8.82. The van der Waals surface area contributed by atoms with Crippen LogP contribution < -0.4 is 10.6 Å².